The van der Waals surface area contributed by atoms with E-state index in [0.717, 1.165) is 0 Å². The van der Waals surface area contributed by atoms with Crippen LogP contribution >= 0.6 is 23.2 Å². The van der Waals surface area contributed by atoms with Gasteiger partial charge in [0.1, 0.15) is 11.7 Å². The summed E-state index contributed by atoms with van der Waals surface area (Å²) in [6.45, 7) is 2.47. The molecule has 0 aliphatic carbocycles. The number of esters is 2. The summed E-state index contributed by atoms with van der Waals surface area (Å²) < 4.78 is 10.1. The Bertz CT molecular complexity index is 813. The number of carbonyl (C=O) groups is 2. The fourth-order valence-corrected chi connectivity index (χ4v) is 2.86. The SMILES string of the molecule is COc1cc(C(C(=O)OC(=O)C(C)(C)O)c2ccccc2)c(Cl)cc1Cl. The van der Waals surface area contributed by atoms with Crippen LogP contribution in [0, 0.1) is 0 Å². The number of ether oxygens (including phenoxy) is 2. The predicted molar refractivity (Wildman–Crippen MR) is 98.7 cm³/mol. The molecule has 1 N–H and O–H groups in total. The van der Waals surface area contributed by atoms with Crippen molar-refractivity contribution in [2.75, 3.05) is 7.11 Å². The highest BCUT2D eigenvalue weighted by atomic mass is 35.5. The lowest BCUT2D eigenvalue weighted by molar-refractivity contribution is -0.172. The van der Waals surface area contributed by atoms with Crippen molar-refractivity contribution in [1.29, 1.82) is 0 Å². The van der Waals surface area contributed by atoms with Crippen LogP contribution in [0.2, 0.25) is 10.0 Å². The number of methoxy groups -OCH3 is 1. The topological polar surface area (TPSA) is 72.8 Å². The van der Waals surface area contributed by atoms with Crippen LogP contribution in [0.3, 0.4) is 0 Å². The molecule has 0 saturated heterocycles. The first-order valence-electron chi connectivity index (χ1n) is 7.71. The van der Waals surface area contributed by atoms with E-state index in [2.05, 4.69) is 0 Å². The van der Waals surface area contributed by atoms with Crippen molar-refractivity contribution in [3.05, 3.63) is 63.6 Å². The van der Waals surface area contributed by atoms with Crippen LogP contribution in [0.25, 0.3) is 0 Å². The minimum absolute atomic E-state index is 0.220. The van der Waals surface area contributed by atoms with E-state index in [1.54, 1.807) is 30.3 Å². The minimum Gasteiger partial charge on any atom is -0.495 e. The second kappa shape index (κ2) is 8.08. The fraction of sp³-hybridized carbons (Fsp3) is 0.263. The Balaban J connectivity index is 2.53. The summed E-state index contributed by atoms with van der Waals surface area (Å²) in [6.07, 6.45) is 0. The third kappa shape index (κ3) is 4.55. The molecule has 0 saturated carbocycles. The van der Waals surface area contributed by atoms with Gasteiger partial charge in [0.15, 0.2) is 5.60 Å². The monoisotopic (exact) mass is 396 g/mol. The number of benzene rings is 2. The highest BCUT2D eigenvalue weighted by molar-refractivity contribution is 6.36. The van der Waals surface area contributed by atoms with Gasteiger partial charge in [0.05, 0.1) is 12.1 Å². The Kier molecular flexibility index (Phi) is 6.29. The van der Waals surface area contributed by atoms with Crippen LogP contribution in [-0.2, 0) is 14.3 Å². The summed E-state index contributed by atoms with van der Waals surface area (Å²) in [4.78, 5) is 24.7. The number of hydrogen-bond acceptors (Lipinski definition) is 5. The maximum Gasteiger partial charge on any atom is 0.345 e. The van der Waals surface area contributed by atoms with Crippen molar-refractivity contribution in [3.63, 3.8) is 0 Å². The molecule has 138 valence electrons. The summed E-state index contributed by atoms with van der Waals surface area (Å²) in [5.41, 5.74) is -0.877. The summed E-state index contributed by atoms with van der Waals surface area (Å²) in [5, 5.41) is 10.2. The first-order chi connectivity index (χ1) is 12.1. The van der Waals surface area contributed by atoms with Gasteiger partial charge in [-0.05, 0) is 37.1 Å². The number of aliphatic hydroxyl groups is 1. The molecule has 2 rings (SSSR count). The van der Waals surface area contributed by atoms with Crippen LogP contribution in [0.4, 0.5) is 0 Å². The molecule has 0 aliphatic rings. The van der Waals surface area contributed by atoms with E-state index in [1.807, 2.05) is 0 Å². The molecular formula is C19H18Cl2O5. The standard InChI is InChI=1S/C19H18Cl2O5/c1-19(2,24)18(23)26-17(22)16(11-7-5-4-6-8-11)12-9-15(25-3)14(21)10-13(12)20/h4-10,16,24H,1-3H3. The molecule has 7 heteroatoms. The third-order valence-corrected chi connectivity index (χ3v) is 4.27. The lowest BCUT2D eigenvalue weighted by Crippen LogP contribution is -2.36. The number of rotatable bonds is 5. The van der Waals surface area contributed by atoms with Crippen molar-refractivity contribution >= 4 is 35.1 Å². The van der Waals surface area contributed by atoms with Crippen molar-refractivity contribution in [2.24, 2.45) is 0 Å². The second-order valence-electron chi connectivity index (χ2n) is 6.12. The van der Waals surface area contributed by atoms with Gasteiger partial charge in [-0.15, -0.1) is 0 Å². The second-order valence-corrected chi connectivity index (χ2v) is 6.93. The molecule has 0 fully saturated rings. The smallest absolute Gasteiger partial charge is 0.345 e. The molecule has 1 unspecified atom stereocenters. The Labute approximate surface area is 161 Å². The molecule has 0 radical (unpaired) electrons. The van der Waals surface area contributed by atoms with Gasteiger partial charge in [-0.3, -0.25) is 4.79 Å². The Morgan fingerprint density at radius 2 is 1.69 bits per heavy atom. The summed E-state index contributed by atoms with van der Waals surface area (Å²) in [7, 11) is 1.44. The lowest BCUT2D eigenvalue weighted by Gasteiger charge is -2.21. The molecule has 2 aromatic rings. The van der Waals surface area contributed by atoms with Gasteiger partial charge in [-0.2, -0.15) is 0 Å². The average molecular weight is 397 g/mol. The number of carbonyl (C=O) groups excluding carboxylic acids is 2. The van der Waals surface area contributed by atoms with Crippen LogP contribution in [-0.4, -0.2) is 29.8 Å². The molecule has 5 nitrogen and oxygen atoms in total. The predicted octanol–water partition coefficient (Wildman–Crippen LogP) is 3.97. The van der Waals surface area contributed by atoms with E-state index in [4.69, 9.17) is 32.7 Å². The van der Waals surface area contributed by atoms with Gasteiger partial charge in [0.2, 0.25) is 0 Å². The van der Waals surface area contributed by atoms with Gasteiger partial charge in [0, 0.05) is 5.02 Å². The van der Waals surface area contributed by atoms with Crippen molar-refractivity contribution in [3.8, 4) is 5.75 Å². The van der Waals surface area contributed by atoms with E-state index < -0.39 is 23.5 Å². The molecular weight excluding hydrogens is 379 g/mol. The zero-order valence-corrected chi connectivity index (χ0v) is 16.0. The molecule has 2 aromatic carbocycles. The van der Waals surface area contributed by atoms with E-state index in [1.165, 1.54) is 33.1 Å². The summed E-state index contributed by atoms with van der Waals surface area (Å²) >= 11 is 12.4. The molecule has 0 aliphatic heterocycles. The maximum absolute atomic E-state index is 12.8. The van der Waals surface area contributed by atoms with E-state index in [9.17, 15) is 14.7 Å². The first kappa shape index (κ1) is 20.2. The maximum atomic E-state index is 12.8. The normalized spacial score (nSPS) is 12.4. The Morgan fingerprint density at radius 1 is 1.08 bits per heavy atom. The Morgan fingerprint density at radius 3 is 2.23 bits per heavy atom. The number of halogens is 2. The molecule has 0 amide bonds. The highest BCUT2D eigenvalue weighted by Crippen LogP contribution is 2.38. The average Bonchev–Trinajstić information content (AvgIpc) is 2.57. The highest BCUT2D eigenvalue weighted by Gasteiger charge is 2.34. The van der Waals surface area contributed by atoms with Crippen molar-refractivity contribution in [2.45, 2.75) is 25.4 Å². The molecule has 26 heavy (non-hydrogen) atoms. The Hall–Kier alpha value is -2.08. The lowest BCUT2D eigenvalue weighted by atomic mass is 9.91. The first-order valence-corrected chi connectivity index (χ1v) is 8.47. The van der Waals surface area contributed by atoms with Gasteiger partial charge >= 0.3 is 11.9 Å². The van der Waals surface area contributed by atoms with Crippen molar-refractivity contribution < 1.29 is 24.2 Å². The van der Waals surface area contributed by atoms with E-state index in [-0.39, 0.29) is 10.0 Å². The molecule has 0 aromatic heterocycles. The van der Waals surface area contributed by atoms with Gasteiger partial charge in [-0.1, -0.05) is 53.5 Å². The summed E-state index contributed by atoms with van der Waals surface area (Å²) in [5.74, 6) is -2.59. The minimum atomic E-state index is -1.81. The van der Waals surface area contributed by atoms with Gasteiger partial charge in [0.25, 0.3) is 0 Å². The van der Waals surface area contributed by atoms with E-state index >= 15 is 0 Å². The molecule has 1 atom stereocenters. The molecule has 0 heterocycles. The van der Waals surface area contributed by atoms with Gasteiger partial charge < -0.3 is 14.6 Å². The van der Waals surface area contributed by atoms with E-state index in [0.29, 0.717) is 16.9 Å². The third-order valence-electron chi connectivity index (χ3n) is 3.64. The van der Waals surface area contributed by atoms with Crippen LogP contribution in [0.15, 0.2) is 42.5 Å². The molecule has 0 spiro atoms. The van der Waals surface area contributed by atoms with Crippen molar-refractivity contribution in [1.82, 2.24) is 0 Å². The summed E-state index contributed by atoms with van der Waals surface area (Å²) in [6, 6.07) is 11.7. The van der Waals surface area contributed by atoms with Crippen LogP contribution in [0.1, 0.15) is 30.9 Å². The van der Waals surface area contributed by atoms with Crippen LogP contribution in [0.5, 0.6) is 5.75 Å². The quantitative estimate of drug-likeness (QED) is 0.611. The largest absolute Gasteiger partial charge is 0.495 e. The van der Waals surface area contributed by atoms with Crippen LogP contribution < -0.4 is 4.74 Å². The zero-order chi connectivity index (χ0) is 19.5. The zero-order valence-electron chi connectivity index (χ0n) is 14.5. The van der Waals surface area contributed by atoms with Gasteiger partial charge in [-0.25, -0.2) is 4.79 Å². The number of hydrogen-bond donors (Lipinski definition) is 1. The fourth-order valence-electron chi connectivity index (χ4n) is 2.29. The molecule has 0 bridgehead atoms.